The first-order chi connectivity index (χ1) is 13.7. The molecule has 150 valence electrons. The van der Waals surface area contributed by atoms with Crippen LogP contribution in [0.4, 0.5) is 0 Å². The highest BCUT2D eigenvalue weighted by atomic mass is 16.5. The van der Waals surface area contributed by atoms with Gasteiger partial charge in [0.25, 0.3) is 0 Å². The molecule has 1 aliphatic rings. The van der Waals surface area contributed by atoms with Gasteiger partial charge in [0.05, 0.1) is 0 Å². The maximum absolute atomic E-state index is 12.3. The van der Waals surface area contributed by atoms with Gasteiger partial charge in [-0.1, -0.05) is 67.6 Å². The highest BCUT2D eigenvalue weighted by Crippen LogP contribution is 2.25. The lowest BCUT2D eigenvalue weighted by Crippen LogP contribution is -2.36. The zero-order valence-corrected chi connectivity index (χ0v) is 16.8. The van der Waals surface area contributed by atoms with E-state index in [9.17, 15) is 4.79 Å². The number of benzene rings is 2. The maximum Gasteiger partial charge on any atom is 0.246 e. The summed E-state index contributed by atoms with van der Waals surface area (Å²) in [5, 5.41) is 3.00. The lowest BCUT2D eigenvalue weighted by molar-refractivity contribution is -0.127. The second kappa shape index (κ2) is 11.0. The number of piperidine rings is 1. The van der Waals surface area contributed by atoms with Crippen molar-refractivity contribution in [3.63, 3.8) is 0 Å². The van der Waals surface area contributed by atoms with Crippen LogP contribution in [0, 0.1) is 5.92 Å². The molecule has 3 rings (SSSR count). The summed E-state index contributed by atoms with van der Waals surface area (Å²) in [6, 6.07) is 20.1. The zero-order chi connectivity index (χ0) is 19.6. The first-order valence-corrected chi connectivity index (χ1v) is 10.4. The number of amides is 1. The predicted molar refractivity (Wildman–Crippen MR) is 113 cm³/mol. The molecule has 0 radical (unpaired) electrons. The molecule has 1 heterocycles. The summed E-state index contributed by atoms with van der Waals surface area (Å²) >= 11 is 0. The predicted octanol–water partition coefficient (Wildman–Crippen LogP) is 4.03. The largest absolute Gasteiger partial charge is 0.359 e. The van der Waals surface area contributed by atoms with Gasteiger partial charge in [-0.15, -0.1) is 0 Å². The quantitative estimate of drug-likeness (QED) is 0.668. The van der Waals surface area contributed by atoms with Gasteiger partial charge in [-0.25, -0.2) is 0 Å². The van der Waals surface area contributed by atoms with Crippen molar-refractivity contribution in [3.05, 3.63) is 71.8 Å². The standard InChI is InChI=1S/C24H32N2O2/c1-20-13-17-26(18-14-20)16-8-15-25-23(27)19-28-24(21-9-4-2-5-10-21)22-11-6-3-7-12-22/h2-7,9-12,20,24H,8,13-19H2,1H3,(H,25,27). The Balaban J connectivity index is 1.42. The molecule has 0 aromatic heterocycles. The molecule has 1 fully saturated rings. The van der Waals surface area contributed by atoms with E-state index in [4.69, 9.17) is 4.74 Å². The fourth-order valence-corrected chi connectivity index (χ4v) is 3.67. The zero-order valence-electron chi connectivity index (χ0n) is 16.8. The molecule has 0 atom stereocenters. The van der Waals surface area contributed by atoms with E-state index in [0.717, 1.165) is 30.0 Å². The van der Waals surface area contributed by atoms with Gasteiger partial charge < -0.3 is 15.0 Å². The second-order valence-electron chi connectivity index (χ2n) is 7.74. The van der Waals surface area contributed by atoms with Crippen LogP contribution in [-0.2, 0) is 9.53 Å². The summed E-state index contributed by atoms with van der Waals surface area (Å²) < 4.78 is 6.01. The smallest absolute Gasteiger partial charge is 0.246 e. The van der Waals surface area contributed by atoms with Crippen LogP contribution >= 0.6 is 0 Å². The molecule has 2 aromatic rings. The summed E-state index contributed by atoms with van der Waals surface area (Å²) in [6.45, 7) is 6.54. The highest BCUT2D eigenvalue weighted by molar-refractivity contribution is 5.77. The number of hydrogen-bond donors (Lipinski definition) is 1. The summed E-state index contributed by atoms with van der Waals surface area (Å²) in [4.78, 5) is 14.8. The third-order valence-electron chi connectivity index (χ3n) is 5.44. The summed E-state index contributed by atoms with van der Waals surface area (Å²) in [5.74, 6) is 0.805. The van der Waals surface area contributed by atoms with Crippen molar-refractivity contribution in [2.75, 3.05) is 32.8 Å². The minimum Gasteiger partial charge on any atom is -0.359 e. The topological polar surface area (TPSA) is 41.6 Å². The van der Waals surface area contributed by atoms with Crippen LogP contribution in [0.15, 0.2) is 60.7 Å². The minimum atomic E-state index is -0.233. The minimum absolute atomic E-state index is 0.0517. The van der Waals surface area contributed by atoms with E-state index in [2.05, 4.69) is 17.1 Å². The van der Waals surface area contributed by atoms with E-state index in [1.807, 2.05) is 60.7 Å². The molecule has 1 saturated heterocycles. The van der Waals surface area contributed by atoms with Crippen molar-refractivity contribution < 1.29 is 9.53 Å². The molecule has 28 heavy (non-hydrogen) atoms. The van der Waals surface area contributed by atoms with E-state index in [-0.39, 0.29) is 18.6 Å². The Morgan fingerprint density at radius 3 is 2.18 bits per heavy atom. The van der Waals surface area contributed by atoms with Gasteiger partial charge in [0.2, 0.25) is 5.91 Å². The third-order valence-corrected chi connectivity index (χ3v) is 5.44. The van der Waals surface area contributed by atoms with Gasteiger partial charge >= 0.3 is 0 Å². The van der Waals surface area contributed by atoms with Crippen LogP contribution in [0.3, 0.4) is 0 Å². The maximum atomic E-state index is 12.3. The second-order valence-corrected chi connectivity index (χ2v) is 7.74. The van der Waals surface area contributed by atoms with E-state index < -0.39 is 0 Å². The fourth-order valence-electron chi connectivity index (χ4n) is 3.67. The van der Waals surface area contributed by atoms with Gasteiger partial charge in [-0.3, -0.25) is 4.79 Å². The van der Waals surface area contributed by atoms with Gasteiger partial charge in [0.15, 0.2) is 0 Å². The molecular formula is C24H32N2O2. The number of nitrogens with zero attached hydrogens (tertiary/aromatic N) is 1. The van der Waals surface area contributed by atoms with E-state index >= 15 is 0 Å². The molecule has 1 amide bonds. The van der Waals surface area contributed by atoms with Crippen molar-refractivity contribution in [3.8, 4) is 0 Å². The van der Waals surface area contributed by atoms with Crippen molar-refractivity contribution in [1.82, 2.24) is 10.2 Å². The number of carbonyl (C=O) groups excluding carboxylic acids is 1. The molecule has 2 aromatic carbocycles. The number of ether oxygens (including phenoxy) is 1. The number of nitrogens with one attached hydrogen (secondary N) is 1. The first kappa shape index (κ1) is 20.6. The Kier molecular flexibility index (Phi) is 8.07. The average molecular weight is 381 g/mol. The summed E-state index contributed by atoms with van der Waals surface area (Å²) in [5.41, 5.74) is 2.11. The summed E-state index contributed by atoms with van der Waals surface area (Å²) in [7, 11) is 0. The Morgan fingerprint density at radius 1 is 1.04 bits per heavy atom. The lowest BCUT2D eigenvalue weighted by Gasteiger charge is -2.30. The number of rotatable bonds is 9. The van der Waals surface area contributed by atoms with Crippen LogP contribution in [0.1, 0.15) is 43.4 Å². The molecular weight excluding hydrogens is 348 g/mol. The fraction of sp³-hybridized carbons (Fsp3) is 0.458. The normalized spacial score (nSPS) is 15.6. The third kappa shape index (κ3) is 6.47. The first-order valence-electron chi connectivity index (χ1n) is 10.4. The van der Waals surface area contributed by atoms with Gasteiger partial charge in [0, 0.05) is 6.54 Å². The van der Waals surface area contributed by atoms with Gasteiger partial charge in [-0.2, -0.15) is 0 Å². The number of likely N-dealkylation sites (tertiary alicyclic amines) is 1. The molecule has 0 spiro atoms. The monoisotopic (exact) mass is 380 g/mol. The van der Waals surface area contributed by atoms with Crippen molar-refractivity contribution in [1.29, 1.82) is 0 Å². The Labute approximate surface area is 168 Å². The van der Waals surface area contributed by atoms with Crippen LogP contribution in [0.2, 0.25) is 0 Å². The lowest BCUT2D eigenvalue weighted by atomic mass is 9.99. The van der Waals surface area contributed by atoms with Crippen molar-refractivity contribution >= 4 is 5.91 Å². The van der Waals surface area contributed by atoms with Crippen molar-refractivity contribution in [2.45, 2.75) is 32.3 Å². The molecule has 0 unspecified atom stereocenters. The SMILES string of the molecule is CC1CCN(CCCNC(=O)COC(c2ccccc2)c2ccccc2)CC1. The van der Waals surface area contributed by atoms with Crippen LogP contribution in [0.5, 0.6) is 0 Å². The van der Waals surface area contributed by atoms with E-state index in [1.165, 1.54) is 25.9 Å². The molecule has 0 saturated carbocycles. The number of carbonyl (C=O) groups is 1. The van der Waals surface area contributed by atoms with Crippen molar-refractivity contribution in [2.24, 2.45) is 5.92 Å². The van der Waals surface area contributed by atoms with Crippen LogP contribution < -0.4 is 5.32 Å². The average Bonchev–Trinajstić information content (AvgIpc) is 2.74. The molecule has 1 N–H and O–H groups in total. The molecule has 0 aliphatic carbocycles. The number of hydrogen-bond acceptors (Lipinski definition) is 3. The Hall–Kier alpha value is -2.17. The summed E-state index contributed by atoms with van der Waals surface area (Å²) in [6.07, 6.45) is 3.34. The van der Waals surface area contributed by atoms with Crippen LogP contribution in [0.25, 0.3) is 0 Å². The van der Waals surface area contributed by atoms with E-state index in [0.29, 0.717) is 6.54 Å². The molecule has 4 nitrogen and oxygen atoms in total. The van der Waals surface area contributed by atoms with Gasteiger partial charge in [-0.05, 0) is 55.9 Å². The van der Waals surface area contributed by atoms with Gasteiger partial charge in [0.1, 0.15) is 12.7 Å². The van der Waals surface area contributed by atoms with E-state index in [1.54, 1.807) is 0 Å². The molecule has 1 aliphatic heterocycles. The molecule has 4 heteroatoms. The van der Waals surface area contributed by atoms with Crippen LogP contribution in [-0.4, -0.2) is 43.6 Å². The molecule has 0 bridgehead atoms. The Bertz CT molecular complexity index is 658. The Morgan fingerprint density at radius 2 is 1.61 bits per heavy atom. The highest BCUT2D eigenvalue weighted by Gasteiger charge is 2.17.